The highest BCUT2D eigenvalue weighted by molar-refractivity contribution is 7.93. The van der Waals surface area contributed by atoms with Crippen molar-refractivity contribution in [3.63, 3.8) is 0 Å². The quantitative estimate of drug-likeness (QED) is 0.528. The van der Waals surface area contributed by atoms with Crippen LogP contribution in [0, 0.1) is 0 Å². The molecule has 0 saturated heterocycles. The van der Waals surface area contributed by atoms with E-state index in [2.05, 4.69) is 19.7 Å². The highest BCUT2D eigenvalue weighted by Crippen LogP contribution is 2.31. The van der Waals surface area contributed by atoms with Gasteiger partial charge in [0.25, 0.3) is 16.4 Å². The number of benzene rings is 1. The Bertz CT molecular complexity index is 1150. The molecule has 0 aliphatic carbocycles. The summed E-state index contributed by atoms with van der Waals surface area (Å²) in [7, 11) is -1.82. The molecule has 1 unspecified atom stereocenters. The number of anilines is 1. The zero-order chi connectivity index (χ0) is 22.1. The lowest BCUT2D eigenvalue weighted by molar-refractivity contribution is 0.0496. The number of sulfonamides is 1. The number of aromatic nitrogens is 3. The molecule has 1 atom stereocenters. The molecule has 0 amide bonds. The predicted octanol–water partition coefficient (Wildman–Crippen LogP) is 3.58. The zero-order valence-corrected chi connectivity index (χ0v) is 17.2. The van der Waals surface area contributed by atoms with Crippen molar-refractivity contribution in [1.82, 2.24) is 15.0 Å². The summed E-state index contributed by atoms with van der Waals surface area (Å²) in [6.45, 7) is 0. The molecule has 0 fully saturated rings. The number of nitrogens with one attached hydrogen (secondary N) is 2. The Labute approximate surface area is 174 Å². The minimum absolute atomic E-state index is 0.0960. The van der Waals surface area contributed by atoms with Gasteiger partial charge in [-0.2, -0.15) is 9.97 Å². The van der Waals surface area contributed by atoms with Crippen molar-refractivity contribution >= 4 is 38.5 Å². The molecule has 0 aliphatic rings. The van der Waals surface area contributed by atoms with Crippen molar-refractivity contribution in [3.05, 3.63) is 35.0 Å². The first-order valence-corrected chi connectivity index (χ1v) is 10.2. The number of hydrogen-bond donors (Lipinski definition) is 2. The maximum Gasteiger partial charge on any atom is 0.269 e. The lowest BCUT2D eigenvalue weighted by Gasteiger charge is -2.15. The van der Waals surface area contributed by atoms with Gasteiger partial charge in [-0.25, -0.2) is 26.3 Å². The van der Waals surface area contributed by atoms with Gasteiger partial charge in [0, 0.05) is 28.5 Å². The zero-order valence-electron chi connectivity index (χ0n) is 15.6. The fraction of sp³-hybridized carbons (Fsp3) is 0.294. The van der Waals surface area contributed by atoms with Gasteiger partial charge in [-0.15, -0.1) is 0 Å². The summed E-state index contributed by atoms with van der Waals surface area (Å²) in [5, 5.41) is 0.796. The van der Waals surface area contributed by atoms with Gasteiger partial charge in [-0.3, -0.25) is 0 Å². The van der Waals surface area contributed by atoms with Crippen LogP contribution in [-0.4, -0.2) is 50.2 Å². The summed E-state index contributed by atoms with van der Waals surface area (Å²) in [5.41, 5.74) is 0.341. The Balaban J connectivity index is 1.99. The number of rotatable bonds is 8. The van der Waals surface area contributed by atoms with Crippen LogP contribution in [0.5, 0.6) is 11.8 Å². The van der Waals surface area contributed by atoms with Crippen LogP contribution in [0.15, 0.2) is 29.3 Å². The normalized spacial score (nSPS) is 12.9. The molecule has 0 bridgehead atoms. The van der Waals surface area contributed by atoms with Gasteiger partial charge in [0.15, 0.2) is 6.17 Å². The number of ether oxygens (including phenoxy) is 2. The minimum Gasteiger partial charge on any atom is -0.481 e. The third kappa shape index (κ3) is 4.38. The maximum absolute atomic E-state index is 13.5. The summed E-state index contributed by atoms with van der Waals surface area (Å²) < 4.78 is 76.6. The molecule has 2 aromatic heterocycles. The Hall–Kier alpha value is -2.73. The third-order valence-electron chi connectivity index (χ3n) is 4.11. The lowest BCUT2D eigenvalue weighted by Crippen LogP contribution is -2.19. The van der Waals surface area contributed by atoms with Crippen molar-refractivity contribution in [2.24, 2.45) is 0 Å². The number of halogens is 4. The largest absolute Gasteiger partial charge is 0.481 e. The van der Waals surface area contributed by atoms with E-state index in [0.717, 1.165) is 0 Å². The van der Waals surface area contributed by atoms with Crippen molar-refractivity contribution in [3.8, 4) is 11.8 Å². The Kier molecular flexibility index (Phi) is 6.27. The van der Waals surface area contributed by atoms with E-state index in [9.17, 15) is 21.6 Å². The highest BCUT2D eigenvalue weighted by Gasteiger charge is 2.27. The van der Waals surface area contributed by atoms with E-state index in [1.165, 1.54) is 32.5 Å². The van der Waals surface area contributed by atoms with Gasteiger partial charge in [0.05, 0.1) is 19.8 Å². The number of hydrogen-bond acceptors (Lipinski definition) is 6. The van der Waals surface area contributed by atoms with Gasteiger partial charge < -0.3 is 14.5 Å². The number of aromatic amines is 1. The van der Waals surface area contributed by atoms with E-state index in [4.69, 9.17) is 21.1 Å². The highest BCUT2D eigenvalue weighted by atomic mass is 35.5. The van der Waals surface area contributed by atoms with Crippen LogP contribution in [0.4, 0.5) is 19.1 Å². The topological polar surface area (TPSA) is 106 Å². The molecule has 1 aromatic carbocycles. The maximum atomic E-state index is 13.5. The molecule has 2 heterocycles. The number of fused-ring (bicyclic) bond motifs is 1. The molecule has 0 radical (unpaired) electrons. The number of methoxy groups -OCH3 is 2. The van der Waals surface area contributed by atoms with Crippen LogP contribution in [0.1, 0.15) is 5.56 Å². The van der Waals surface area contributed by atoms with E-state index in [1.807, 2.05) is 0 Å². The molecule has 30 heavy (non-hydrogen) atoms. The lowest BCUT2D eigenvalue weighted by atomic mass is 10.1. The SMILES string of the molecule is COc1nc(NS(=O)(=O)c2c[nH]c3cc(Cl)ccc23)nc(OC)c1CC(F)C(F)F. The Morgan fingerprint density at radius 2 is 1.80 bits per heavy atom. The van der Waals surface area contributed by atoms with Gasteiger partial charge in [0.1, 0.15) is 4.90 Å². The first kappa shape index (κ1) is 22.0. The molecule has 8 nitrogen and oxygen atoms in total. The number of H-pyrrole nitrogens is 1. The van der Waals surface area contributed by atoms with E-state index in [0.29, 0.717) is 15.9 Å². The van der Waals surface area contributed by atoms with Crippen molar-refractivity contribution in [2.75, 3.05) is 18.9 Å². The summed E-state index contributed by atoms with van der Waals surface area (Å²) in [6.07, 6.45) is -5.24. The Morgan fingerprint density at radius 1 is 1.17 bits per heavy atom. The van der Waals surface area contributed by atoms with Crippen LogP contribution in [-0.2, 0) is 16.4 Å². The molecule has 0 saturated carbocycles. The summed E-state index contributed by atoms with van der Waals surface area (Å²) in [6, 6.07) is 4.62. The van der Waals surface area contributed by atoms with E-state index in [-0.39, 0.29) is 22.2 Å². The predicted molar refractivity (Wildman–Crippen MR) is 104 cm³/mol. The molecular formula is C17H16ClF3N4O4S. The second-order valence-corrected chi connectivity index (χ2v) is 8.13. The van der Waals surface area contributed by atoms with Gasteiger partial charge in [0.2, 0.25) is 17.7 Å². The van der Waals surface area contributed by atoms with Gasteiger partial charge in [-0.05, 0) is 18.2 Å². The monoisotopic (exact) mass is 464 g/mol. The Morgan fingerprint density at radius 3 is 2.37 bits per heavy atom. The first-order valence-electron chi connectivity index (χ1n) is 8.36. The summed E-state index contributed by atoms with van der Waals surface area (Å²) >= 11 is 5.90. The average molecular weight is 465 g/mol. The smallest absolute Gasteiger partial charge is 0.269 e. The third-order valence-corrected chi connectivity index (χ3v) is 5.71. The van der Waals surface area contributed by atoms with Crippen molar-refractivity contribution < 1.29 is 31.1 Å². The first-order chi connectivity index (χ1) is 14.2. The van der Waals surface area contributed by atoms with Gasteiger partial charge >= 0.3 is 0 Å². The van der Waals surface area contributed by atoms with Crippen LogP contribution >= 0.6 is 11.6 Å². The second kappa shape index (κ2) is 8.56. The average Bonchev–Trinajstić information content (AvgIpc) is 3.12. The summed E-state index contributed by atoms with van der Waals surface area (Å²) in [4.78, 5) is 10.4. The van der Waals surface area contributed by atoms with E-state index < -0.39 is 35.0 Å². The molecule has 0 spiro atoms. The number of alkyl halides is 3. The van der Waals surface area contributed by atoms with Crippen LogP contribution in [0.3, 0.4) is 0 Å². The molecule has 13 heteroatoms. The fourth-order valence-corrected chi connectivity index (χ4v) is 4.05. The summed E-state index contributed by atoms with van der Waals surface area (Å²) in [5.74, 6) is -1.04. The fourth-order valence-electron chi connectivity index (χ4n) is 2.76. The van der Waals surface area contributed by atoms with Crippen LogP contribution < -0.4 is 14.2 Å². The van der Waals surface area contributed by atoms with E-state index in [1.54, 1.807) is 6.07 Å². The second-order valence-electron chi connectivity index (χ2n) is 6.05. The van der Waals surface area contributed by atoms with Crippen LogP contribution in [0.2, 0.25) is 5.02 Å². The number of nitrogens with zero attached hydrogens (tertiary/aromatic N) is 2. The van der Waals surface area contributed by atoms with Gasteiger partial charge in [-0.1, -0.05) is 11.6 Å². The minimum atomic E-state index is -4.16. The van der Waals surface area contributed by atoms with Crippen molar-refractivity contribution in [1.29, 1.82) is 0 Å². The van der Waals surface area contributed by atoms with Crippen molar-refractivity contribution in [2.45, 2.75) is 23.9 Å². The molecule has 162 valence electrons. The molecular weight excluding hydrogens is 449 g/mol. The molecule has 3 aromatic rings. The molecule has 0 aliphatic heterocycles. The standard InChI is InChI=1S/C17H16ClF3N4O4S/c1-28-15-10(6-11(19)14(20)21)16(29-2)24-17(23-15)25-30(26,27)13-7-22-12-5-8(18)3-4-9(12)13/h3-5,7,11,14,22H,6H2,1-2H3,(H,23,24,25). The van der Waals surface area contributed by atoms with E-state index >= 15 is 0 Å². The molecule has 2 N–H and O–H groups in total. The van der Waals surface area contributed by atoms with Crippen LogP contribution in [0.25, 0.3) is 10.9 Å². The molecule has 3 rings (SSSR count).